The van der Waals surface area contributed by atoms with E-state index in [2.05, 4.69) is 21.6 Å². The topological polar surface area (TPSA) is 64.1 Å². The van der Waals surface area contributed by atoms with Crippen LogP contribution in [0.1, 0.15) is 51.1 Å². The Morgan fingerprint density at radius 1 is 1.36 bits per heavy atom. The van der Waals surface area contributed by atoms with Crippen molar-refractivity contribution in [2.24, 2.45) is 5.92 Å². The van der Waals surface area contributed by atoms with Crippen molar-refractivity contribution in [3.8, 4) is 5.75 Å². The van der Waals surface area contributed by atoms with E-state index in [0.29, 0.717) is 23.3 Å². The molecule has 25 heavy (non-hydrogen) atoms. The van der Waals surface area contributed by atoms with Crippen LogP contribution in [0.25, 0.3) is 0 Å². The minimum atomic E-state index is 0.0398. The van der Waals surface area contributed by atoms with Crippen LogP contribution in [0.3, 0.4) is 0 Å². The number of carbonyl (C=O) groups is 1. The molecule has 0 aliphatic heterocycles. The minimum Gasteiger partial charge on any atom is -0.496 e. The minimum absolute atomic E-state index is 0.0398. The zero-order valence-electron chi connectivity index (χ0n) is 14.6. The van der Waals surface area contributed by atoms with Gasteiger partial charge in [0.15, 0.2) is 5.78 Å². The van der Waals surface area contributed by atoms with Crippen molar-refractivity contribution in [3.05, 3.63) is 39.3 Å². The van der Waals surface area contributed by atoms with Gasteiger partial charge in [-0.3, -0.25) is 4.79 Å². The maximum Gasteiger partial charge on any atom is 0.173 e. The fourth-order valence-electron chi connectivity index (χ4n) is 3.24. The number of ether oxygens (including phenoxy) is 1. The summed E-state index contributed by atoms with van der Waals surface area (Å²) in [5.74, 6) is 2.08. The number of benzene rings is 1. The first-order chi connectivity index (χ1) is 12.1. The summed E-state index contributed by atoms with van der Waals surface area (Å²) in [5, 5.41) is 13.3. The Labute approximate surface area is 151 Å². The Bertz CT molecular complexity index is 785. The van der Waals surface area contributed by atoms with Crippen molar-refractivity contribution in [1.82, 2.24) is 15.5 Å². The number of aryl methyl sites for hydroxylation is 1. The summed E-state index contributed by atoms with van der Waals surface area (Å²) in [5.41, 5.74) is 1.88. The van der Waals surface area contributed by atoms with E-state index in [1.165, 1.54) is 29.7 Å². The molecular formula is C19H23N3O2S. The quantitative estimate of drug-likeness (QED) is 0.735. The van der Waals surface area contributed by atoms with Gasteiger partial charge in [0, 0.05) is 12.0 Å². The van der Waals surface area contributed by atoms with Gasteiger partial charge in [0.25, 0.3) is 0 Å². The van der Waals surface area contributed by atoms with Crippen LogP contribution in [0.15, 0.2) is 18.2 Å². The van der Waals surface area contributed by atoms with Gasteiger partial charge in [-0.1, -0.05) is 6.07 Å². The van der Waals surface area contributed by atoms with Gasteiger partial charge in [-0.25, -0.2) is 0 Å². The largest absolute Gasteiger partial charge is 0.496 e. The van der Waals surface area contributed by atoms with Crippen molar-refractivity contribution in [2.45, 2.75) is 44.6 Å². The number of rotatable bonds is 8. The maximum atomic E-state index is 12.7. The number of aromatic nitrogens is 2. The van der Waals surface area contributed by atoms with Gasteiger partial charge in [0.1, 0.15) is 15.8 Å². The molecule has 1 aromatic carbocycles. The highest BCUT2D eigenvalue weighted by molar-refractivity contribution is 7.11. The Kier molecular flexibility index (Phi) is 4.56. The van der Waals surface area contributed by atoms with Gasteiger partial charge < -0.3 is 10.1 Å². The number of Topliss-reactive ketones (excluding diaryl/α,β-unsaturated/α-hetero) is 1. The maximum absolute atomic E-state index is 12.7. The Balaban J connectivity index is 1.47. The normalized spacial score (nSPS) is 22.0. The standard InChI is InChI=1S/C19H23N3O2S/c1-11-21-22-19(25-11)9-17(23)15-7-13(5-6-18(15)24-2)14-8-16(14)20-10-12-3-4-12/h5-7,12,14,16,20H,3-4,8-10H2,1-2H3. The molecule has 1 N–H and O–H groups in total. The predicted molar refractivity (Wildman–Crippen MR) is 97.5 cm³/mol. The van der Waals surface area contributed by atoms with Crippen LogP contribution in [0, 0.1) is 12.8 Å². The molecule has 6 heteroatoms. The van der Waals surface area contributed by atoms with Crippen molar-refractivity contribution in [3.63, 3.8) is 0 Å². The van der Waals surface area contributed by atoms with Crippen molar-refractivity contribution in [2.75, 3.05) is 13.7 Å². The number of ketones is 1. The predicted octanol–water partition coefficient (Wildman–Crippen LogP) is 3.14. The molecule has 4 rings (SSSR count). The molecule has 0 spiro atoms. The van der Waals surface area contributed by atoms with Crippen LogP contribution in [0.2, 0.25) is 0 Å². The Morgan fingerprint density at radius 3 is 2.88 bits per heavy atom. The molecule has 1 heterocycles. The van der Waals surface area contributed by atoms with Crippen molar-refractivity contribution < 1.29 is 9.53 Å². The Morgan fingerprint density at radius 2 is 2.20 bits per heavy atom. The van der Waals surface area contributed by atoms with E-state index in [0.717, 1.165) is 28.9 Å². The molecule has 2 saturated carbocycles. The van der Waals surface area contributed by atoms with Gasteiger partial charge in [-0.15, -0.1) is 21.5 Å². The lowest BCUT2D eigenvalue weighted by Gasteiger charge is -2.10. The van der Waals surface area contributed by atoms with E-state index >= 15 is 0 Å². The molecule has 0 amide bonds. The van der Waals surface area contributed by atoms with Crippen LogP contribution < -0.4 is 10.1 Å². The fraction of sp³-hybridized carbons (Fsp3) is 0.526. The number of hydrogen-bond donors (Lipinski definition) is 1. The van der Waals surface area contributed by atoms with Gasteiger partial charge >= 0.3 is 0 Å². The van der Waals surface area contributed by atoms with E-state index in [1.807, 2.05) is 19.1 Å². The lowest BCUT2D eigenvalue weighted by Crippen LogP contribution is -2.20. The molecule has 2 unspecified atom stereocenters. The summed E-state index contributed by atoms with van der Waals surface area (Å²) >= 11 is 1.47. The van der Waals surface area contributed by atoms with E-state index < -0.39 is 0 Å². The summed E-state index contributed by atoms with van der Waals surface area (Å²) in [7, 11) is 1.61. The summed E-state index contributed by atoms with van der Waals surface area (Å²) in [6.07, 6.45) is 4.18. The number of nitrogens with one attached hydrogen (secondary N) is 1. The number of hydrogen-bond acceptors (Lipinski definition) is 6. The van der Waals surface area contributed by atoms with Crippen LogP contribution in [0.4, 0.5) is 0 Å². The second kappa shape index (κ2) is 6.84. The van der Waals surface area contributed by atoms with Crippen molar-refractivity contribution in [1.29, 1.82) is 0 Å². The average molecular weight is 357 g/mol. The molecule has 2 aliphatic rings. The first kappa shape index (κ1) is 16.7. The molecule has 1 aromatic heterocycles. The molecule has 0 saturated heterocycles. The third-order valence-corrected chi connectivity index (χ3v) is 5.83. The summed E-state index contributed by atoms with van der Waals surface area (Å²) < 4.78 is 5.41. The highest BCUT2D eigenvalue weighted by atomic mass is 32.1. The highest BCUT2D eigenvalue weighted by Crippen LogP contribution is 2.43. The van der Waals surface area contributed by atoms with E-state index in [9.17, 15) is 4.79 Å². The highest BCUT2D eigenvalue weighted by Gasteiger charge is 2.39. The first-order valence-corrected chi connectivity index (χ1v) is 9.69. The molecule has 5 nitrogen and oxygen atoms in total. The molecule has 2 atom stereocenters. The molecule has 2 aliphatic carbocycles. The van der Waals surface area contributed by atoms with Crippen molar-refractivity contribution >= 4 is 17.1 Å². The number of nitrogens with zero attached hydrogens (tertiary/aromatic N) is 2. The number of carbonyl (C=O) groups excluding carboxylic acids is 1. The average Bonchev–Trinajstić information content (AvgIpc) is 3.52. The van der Waals surface area contributed by atoms with E-state index in [-0.39, 0.29) is 12.2 Å². The Hall–Kier alpha value is -1.79. The molecule has 2 fully saturated rings. The van der Waals surface area contributed by atoms with Crippen LogP contribution >= 0.6 is 11.3 Å². The summed E-state index contributed by atoms with van der Waals surface area (Å²) in [6, 6.07) is 6.58. The van der Waals surface area contributed by atoms with Crippen LogP contribution in [0.5, 0.6) is 5.75 Å². The number of methoxy groups -OCH3 is 1. The zero-order chi connectivity index (χ0) is 17.4. The molecule has 0 bridgehead atoms. The molecule has 0 radical (unpaired) electrons. The van der Waals surface area contributed by atoms with Gasteiger partial charge in [-0.2, -0.15) is 0 Å². The zero-order valence-corrected chi connectivity index (χ0v) is 15.4. The van der Waals surface area contributed by atoms with Crippen LogP contribution in [-0.2, 0) is 6.42 Å². The van der Waals surface area contributed by atoms with Gasteiger partial charge in [0.2, 0.25) is 0 Å². The van der Waals surface area contributed by atoms with Crippen LogP contribution in [-0.4, -0.2) is 35.7 Å². The monoisotopic (exact) mass is 357 g/mol. The molecule has 132 valence electrons. The smallest absolute Gasteiger partial charge is 0.173 e. The lowest BCUT2D eigenvalue weighted by molar-refractivity contribution is 0.0989. The second-order valence-corrected chi connectivity index (χ2v) is 8.34. The van der Waals surface area contributed by atoms with Gasteiger partial charge in [0.05, 0.1) is 19.1 Å². The third-order valence-electron chi connectivity index (χ3n) is 4.99. The van der Waals surface area contributed by atoms with E-state index in [1.54, 1.807) is 7.11 Å². The fourth-order valence-corrected chi connectivity index (χ4v) is 3.95. The first-order valence-electron chi connectivity index (χ1n) is 8.87. The van der Waals surface area contributed by atoms with Gasteiger partial charge in [-0.05, 0) is 56.3 Å². The lowest BCUT2D eigenvalue weighted by atomic mass is 10.0. The third kappa shape index (κ3) is 3.90. The summed E-state index contributed by atoms with van der Waals surface area (Å²) in [4.78, 5) is 12.7. The summed E-state index contributed by atoms with van der Waals surface area (Å²) in [6.45, 7) is 3.04. The molecule has 2 aromatic rings. The second-order valence-electron chi connectivity index (χ2n) is 7.07. The molecular weight excluding hydrogens is 334 g/mol. The SMILES string of the molecule is COc1ccc(C2CC2NCC2CC2)cc1C(=O)Cc1nnc(C)s1. The van der Waals surface area contributed by atoms with E-state index in [4.69, 9.17) is 4.74 Å².